The fraction of sp³-hybridized carbons (Fsp3) is 0.417. The first-order chi connectivity index (χ1) is 19.2. The Labute approximate surface area is 229 Å². The summed E-state index contributed by atoms with van der Waals surface area (Å²) < 4.78 is 60.8. The molecule has 0 unspecified atom stereocenters. The molecule has 1 aliphatic rings. The topological polar surface area (TPSA) is 170 Å². The lowest BCUT2D eigenvalue weighted by molar-refractivity contribution is -0.249. The van der Waals surface area contributed by atoms with Gasteiger partial charge >= 0.3 is 6.18 Å². The van der Waals surface area contributed by atoms with Crippen molar-refractivity contribution in [2.75, 3.05) is 33.0 Å². The molecule has 4 heterocycles. The normalized spacial score (nSPS) is 19.2. The summed E-state index contributed by atoms with van der Waals surface area (Å²) in [6, 6.07) is 1.70. The standard InChI is InChI=1S/C24H26F4N8O5/c1-11(34-41-4)13-6-17(36-18(13)19(29)31-10-32-36)12-5-14(21(40-3)30-7-12)20(37)33-16-9-35(8-15(16)25)22(38)23(2,39)24(26,27)28/h5-7,10,15-16,39H,8-9H2,1-4H3,(H,33,37)(H2,29,31,32)/b34-11+/t15-,16+,23+/m0/s1. The molecule has 3 aromatic heterocycles. The largest absolute Gasteiger partial charge is 0.480 e. The number of nitrogens with one attached hydrogen (secondary N) is 1. The van der Waals surface area contributed by atoms with Gasteiger partial charge in [-0.05, 0) is 26.0 Å². The number of oxime groups is 1. The van der Waals surface area contributed by atoms with E-state index in [4.69, 9.17) is 15.3 Å². The number of alkyl halides is 4. The summed E-state index contributed by atoms with van der Waals surface area (Å²) in [5.74, 6) is -2.58. The first-order valence-corrected chi connectivity index (χ1v) is 12.0. The lowest BCUT2D eigenvalue weighted by Gasteiger charge is -2.29. The number of nitrogen functional groups attached to an aromatic ring is 1. The SMILES string of the molecule is CO/N=C(\C)c1cc(-c2cnc(OC)c(C(=O)N[C@@H]3CN(C(=O)[C@@](C)(O)C(F)(F)F)C[C@@H]3F)c2)n2ncnc(N)c12. The van der Waals surface area contributed by atoms with Crippen molar-refractivity contribution in [2.45, 2.75) is 37.8 Å². The molecular weight excluding hydrogens is 556 g/mol. The van der Waals surface area contributed by atoms with Crippen LogP contribution >= 0.6 is 0 Å². The third-order valence-corrected chi connectivity index (χ3v) is 6.61. The van der Waals surface area contributed by atoms with Gasteiger partial charge in [-0.2, -0.15) is 18.3 Å². The molecule has 2 amide bonds. The number of amides is 2. The first kappa shape index (κ1) is 29.4. The van der Waals surface area contributed by atoms with Gasteiger partial charge in [0.2, 0.25) is 11.5 Å². The summed E-state index contributed by atoms with van der Waals surface area (Å²) >= 11 is 0. The highest BCUT2D eigenvalue weighted by Crippen LogP contribution is 2.33. The van der Waals surface area contributed by atoms with Crippen LogP contribution in [0.4, 0.5) is 23.4 Å². The molecule has 3 aromatic rings. The minimum Gasteiger partial charge on any atom is -0.480 e. The lowest BCUT2D eigenvalue weighted by atomic mass is 10.1. The van der Waals surface area contributed by atoms with E-state index in [1.807, 2.05) is 0 Å². The number of likely N-dealkylation sites (tertiary alicyclic amines) is 1. The molecule has 220 valence electrons. The number of nitrogens with zero attached hydrogens (tertiary/aromatic N) is 6. The molecule has 1 saturated heterocycles. The van der Waals surface area contributed by atoms with Crippen molar-refractivity contribution in [3.05, 3.63) is 35.8 Å². The van der Waals surface area contributed by atoms with Crippen molar-refractivity contribution in [1.29, 1.82) is 0 Å². The van der Waals surface area contributed by atoms with Crippen LogP contribution in [0.5, 0.6) is 5.88 Å². The van der Waals surface area contributed by atoms with E-state index in [0.29, 0.717) is 32.9 Å². The third-order valence-electron chi connectivity index (χ3n) is 6.61. The Morgan fingerprint density at radius 2 is 1.90 bits per heavy atom. The molecule has 0 aliphatic carbocycles. The zero-order valence-electron chi connectivity index (χ0n) is 22.2. The van der Waals surface area contributed by atoms with Crippen LogP contribution in [0, 0.1) is 0 Å². The Balaban J connectivity index is 1.66. The average Bonchev–Trinajstić information content (AvgIpc) is 3.48. The molecule has 41 heavy (non-hydrogen) atoms. The zero-order chi connectivity index (χ0) is 30.3. The maximum atomic E-state index is 14.8. The Morgan fingerprint density at radius 3 is 2.54 bits per heavy atom. The van der Waals surface area contributed by atoms with Crippen LogP contribution in [0.25, 0.3) is 16.8 Å². The Kier molecular flexibility index (Phi) is 7.75. The van der Waals surface area contributed by atoms with Crippen molar-refractivity contribution in [2.24, 2.45) is 5.16 Å². The van der Waals surface area contributed by atoms with Crippen molar-refractivity contribution >= 4 is 28.9 Å². The number of anilines is 1. The lowest BCUT2D eigenvalue weighted by Crippen LogP contribution is -2.56. The fourth-order valence-corrected chi connectivity index (χ4v) is 4.39. The van der Waals surface area contributed by atoms with Crippen molar-refractivity contribution in [3.63, 3.8) is 0 Å². The fourth-order valence-electron chi connectivity index (χ4n) is 4.39. The number of aromatic nitrogens is 4. The average molecular weight is 583 g/mol. The molecule has 4 N–H and O–H groups in total. The number of nitrogens with two attached hydrogens (primary N) is 1. The molecule has 0 spiro atoms. The number of methoxy groups -OCH3 is 1. The number of pyridine rings is 1. The van der Waals surface area contributed by atoms with Crippen LogP contribution in [0.15, 0.2) is 29.8 Å². The molecule has 0 aromatic carbocycles. The van der Waals surface area contributed by atoms with Gasteiger partial charge in [0.15, 0.2) is 5.82 Å². The Bertz CT molecular complexity index is 1520. The van der Waals surface area contributed by atoms with Crippen LogP contribution in [-0.2, 0) is 9.63 Å². The van der Waals surface area contributed by atoms with Gasteiger partial charge in [-0.1, -0.05) is 5.16 Å². The van der Waals surface area contributed by atoms with Gasteiger partial charge in [0.1, 0.15) is 30.7 Å². The van der Waals surface area contributed by atoms with Gasteiger partial charge in [0.25, 0.3) is 11.8 Å². The van der Waals surface area contributed by atoms with Crippen molar-refractivity contribution < 1.29 is 41.8 Å². The maximum Gasteiger partial charge on any atom is 0.426 e. The van der Waals surface area contributed by atoms with Gasteiger partial charge in [0.05, 0.1) is 31.1 Å². The minimum absolute atomic E-state index is 0.125. The van der Waals surface area contributed by atoms with E-state index >= 15 is 0 Å². The smallest absolute Gasteiger partial charge is 0.426 e. The van der Waals surface area contributed by atoms with Crippen molar-refractivity contribution in [1.82, 2.24) is 29.8 Å². The Hall–Kier alpha value is -4.54. The number of ether oxygens (including phenoxy) is 1. The van der Waals surface area contributed by atoms with E-state index in [9.17, 15) is 32.3 Å². The molecular formula is C24H26F4N8O5. The third kappa shape index (κ3) is 5.31. The van der Waals surface area contributed by atoms with Gasteiger partial charge in [-0.25, -0.2) is 18.9 Å². The second kappa shape index (κ2) is 10.8. The number of carbonyl (C=O) groups excluding carboxylic acids is 2. The highest BCUT2D eigenvalue weighted by Gasteiger charge is 2.58. The summed E-state index contributed by atoms with van der Waals surface area (Å²) in [7, 11) is 2.64. The van der Waals surface area contributed by atoms with Crippen LogP contribution in [0.3, 0.4) is 0 Å². The molecule has 1 fully saturated rings. The number of aliphatic hydroxyl groups is 1. The van der Waals surface area contributed by atoms with Gasteiger partial charge in [-0.15, -0.1) is 0 Å². The van der Waals surface area contributed by atoms with Gasteiger partial charge in [0, 0.05) is 23.9 Å². The van der Waals surface area contributed by atoms with Crippen LogP contribution in [0.1, 0.15) is 29.8 Å². The number of carbonyl (C=O) groups is 2. The molecule has 4 rings (SSSR count). The summed E-state index contributed by atoms with van der Waals surface area (Å²) in [6.07, 6.45) is -4.56. The second-order valence-electron chi connectivity index (χ2n) is 9.37. The summed E-state index contributed by atoms with van der Waals surface area (Å²) in [6.45, 7) is 0.605. The van der Waals surface area contributed by atoms with E-state index in [1.165, 1.54) is 37.3 Å². The molecule has 0 radical (unpaired) electrons. The number of rotatable bonds is 7. The molecule has 17 heteroatoms. The molecule has 3 atom stereocenters. The van der Waals surface area contributed by atoms with E-state index in [1.54, 1.807) is 13.0 Å². The van der Waals surface area contributed by atoms with Crippen LogP contribution < -0.4 is 15.8 Å². The van der Waals surface area contributed by atoms with E-state index in [0.717, 1.165) is 0 Å². The first-order valence-electron chi connectivity index (χ1n) is 12.0. The molecule has 0 bridgehead atoms. The second-order valence-corrected chi connectivity index (χ2v) is 9.37. The number of fused-ring (bicyclic) bond motifs is 1. The zero-order valence-corrected chi connectivity index (χ0v) is 22.2. The summed E-state index contributed by atoms with van der Waals surface area (Å²) in [5.41, 5.74) is 4.42. The van der Waals surface area contributed by atoms with Crippen LogP contribution in [0.2, 0.25) is 0 Å². The van der Waals surface area contributed by atoms with Crippen LogP contribution in [-0.4, -0.2) is 98.4 Å². The molecule has 13 nitrogen and oxygen atoms in total. The van der Waals surface area contributed by atoms with E-state index < -0.39 is 48.9 Å². The number of hydrogen-bond donors (Lipinski definition) is 3. The molecule has 0 saturated carbocycles. The Morgan fingerprint density at radius 1 is 1.20 bits per heavy atom. The minimum atomic E-state index is -5.27. The quantitative estimate of drug-likeness (QED) is 0.211. The predicted molar refractivity (Wildman–Crippen MR) is 136 cm³/mol. The maximum absolute atomic E-state index is 14.8. The monoisotopic (exact) mass is 582 g/mol. The summed E-state index contributed by atoms with van der Waals surface area (Å²) in [4.78, 5) is 39.1. The van der Waals surface area contributed by atoms with Crippen molar-refractivity contribution in [3.8, 4) is 17.1 Å². The van der Waals surface area contributed by atoms with Gasteiger partial charge in [-0.3, -0.25) is 9.59 Å². The van der Waals surface area contributed by atoms with Gasteiger partial charge < -0.3 is 30.6 Å². The predicted octanol–water partition coefficient (Wildman–Crippen LogP) is 1.34. The number of halogens is 4. The highest BCUT2D eigenvalue weighted by molar-refractivity contribution is 6.08. The highest BCUT2D eigenvalue weighted by atomic mass is 19.4. The van der Waals surface area contributed by atoms with E-state index in [2.05, 4.69) is 25.5 Å². The molecule has 1 aliphatic heterocycles. The number of hydrogen-bond acceptors (Lipinski definition) is 10. The van der Waals surface area contributed by atoms with E-state index in [-0.39, 0.29) is 24.2 Å². The summed E-state index contributed by atoms with van der Waals surface area (Å²) in [5, 5.41) is 20.2.